The molecule has 17 heavy (non-hydrogen) atoms. The van der Waals surface area contributed by atoms with Gasteiger partial charge in [0.1, 0.15) is 0 Å². The van der Waals surface area contributed by atoms with Crippen molar-refractivity contribution in [3.05, 3.63) is 21.7 Å². The van der Waals surface area contributed by atoms with Gasteiger partial charge in [0, 0.05) is 17.5 Å². The molecule has 1 fully saturated rings. The molecule has 4 heteroatoms. The van der Waals surface area contributed by atoms with Crippen LogP contribution < -0.4 is 15.2 Å². The van der Waals surface area contributed by atoms with E-state index in [9.17, 15) is 0 Å². The molecular weight excluding hydrogens is 282 g/mol. The van der Waals surface area contributed by atoms with Gasteiger partial charge in [-0.25, -0.2) is 0 Å². The molecule has 0 unspecified atom stereocenters. The Kier molecular flexibility index (Phi) is 3.36. The molecule has 94 valence electrons. The van der Waals surface area contributed by atoms with E-state index < -0.39 is 0 Å². The smallest absolute Gasteiger partial charge is 0.175 e. The van der Waals surface area contributed by atoms with Gasteiger partial charge in [0.2, 0.25) is 0 Å². The number of aryl methyl sites for hydroxylation is 1. The van der Waals surface area contributed by atoms with Gasteiger partial charge in [0.05, 0.1) is 18.7 Å². The fraction of sp³-hybridized carbons (Fsp3) is 0.538. The van der Waals surface area contributed by atoms with Gasteiger partial charge in [-0.05, 0) is 47.3 Å². The molecule has 1 saturated carbocycles. The third-order valence-corrected chi connectivity index (χ3v) is 4.16. The molecule has 0 aliphatic heterocycles. The second kappa shape index (κ2) is 4.50. The van der Waals surface area contributed by atoms with Gasteiger partial charge in [0.15, 0.2) is 11.5 Å². The Morgan fingerprint density at radius 1 is 1.29 bits per heavy atom. The number of rotatable bonds is 4. The Morgan fingerprint density at radius 3 is 2.29 bits per heavy atom. The Morgan fingerprint density at radius 2 is 1.88 bits per heavy atom. The van der Waals surface area contributed by atoms with Crippen LogP contribution in [0.15, 0.2) is 10.5 Å². The first-order chi connectivity index (χ1) is 8.09. The van der Waals surface area contributed by atoms with Crippen LogP contribution in [0.4, 0.5) is 0 Å². The van der Waals surface area contributed by atoms with Gasteiger partial charge in [-0.1, -0.05) is 0 Å². The minimum atomic E-state index is 0.101. The quantitative estimate of drug-likeness (QED) is 0.930. The minimum Gasteiger partial charge on any atom is -0.492 e. The van der Waals surface area contributed by atoms with Gasteiger partial charge in [0.25, 0.3) is 0 Å². The monoisotopic (exact) mass is 299 g/mol. The zero-order valence-electron chi connectivity index (χ0n) is 10.5. The van der Waals surface area contributed by atoms with Crippen molar-refractivity contribution >= 4 is 15.9 Å². The number of halogens is 1. The minimum absolute atomic E-state index is 0.101. The predicted octanol–water partition coefficient (Wildman–Crippen LogP) is 2.77. The number of hydrogen-bond donors (Lipinski definition) is 1. The van der Waals surface area contributed by atoms with Crippen LogP contribution in [0.25, 0.3) is 0 Å². The lowest BCUT2D eigenvalue weighted by Crippen LogP contribution is -2.22. The highest BCUT2D eigenvalue weighted by molar-refractivity contribution is 9.10. The average Bonchev–Trinajstić information content (AvgIpc) is 3.08. The Hall–Kier alpha value is -0.740. The first-order valence-electron chi connectivity index (χ1n) is 5.71. The summed E-state index contributed by atoms with van der Waals surface area (Å²) in [7, 11) is 3.34. The van der Waals surface area contributed by atoms with Crippen molar-refractivity contribution in [2.45, 2.75) is 25.2 Å². The Labute approximate surface area is 110 Å². The third-order valence-electron chi connectivity index (χ3n) is 3.57. The van der Waals surface area contributed by atoms with Gasteiger partial charge in [-0.2, -0.15) is 0 Å². The van der Waals surface area contributed by atoms with Crippen LogP contribution in [-0.2, 0) is 5.41 Å². The molecule has 0 aromatic heterocycles. The average molecular weight is 300 g/mol. The van der Waals surface area contributed by atoms with Crippen molar-refractivity contribution in [2.24, 2.45) is 5.73 Å². The molecule has 0 bridgehead atoms. The first kappa shape index (κ1) is 12.7. The van der Waals surface area contributed by atoms with Crippen LogP contribution in [-0.4, -0.2) is 20.8 Å². The standard InChI is InChI=1S/C13H18BrNO2/c1-8-6-9(14)11(16-2)12(17-3)10(8)13(7-15)4-5-13/h6H,4-5,7,15H2,1-3H3. The van der Waals surface area contributed by atoms with Crippen LogP contribution in [0, 0.1) is 6.92 Å². The Balaban J connectivity index is 2.65. The highest BCUT2D eigenvalue weighted by Gasteiger charge is 2.46. The van der Waals surface area contributed by atoms with Gasteiger partial charge >= 0.3 is 0 Å². The van der Waals surface area contributed by atoms with Crippen LogP contribution in [0.3, 0.4) is 0 Å². The molecule has 1 aliphatic rings. The largest absolute Gasteiger partial charge is 0.492 e. The molecule has 1 aromatic carbocycles. The molecular formula is C13H18BrNO2. The number of ether oxygens (including phenoxy) is 2. The van der Waals surface area contributed by atoms with Crippen molar-refractivity contribution < 1.29 is 9.47 Å². The molecule has 0 atom stereocenters. The van der Waals surface area contributed by atoms with Gasteiger partial charge in [-0.3, -0.25) is 0 Å². The summed E-state index contributed by atoms with van der Waals surface area (Å²) < 4.78 is 11.9. The number of methoxy groups -OCH3 is 2. The second-order valence-corrected chi connectivity index (χ2v) is 5.46. The van der Waals surface area contributed by atoms with Crippen molar-refractivity contribution in [3.8, 4) is 11.5 Å². The summed E-state index contributed by atoms with van der Waals surface area (Å²) in [5, 5.41) is 0. The molecule has 0 heterocycles. The van der Waals surface area contributed by atoms with Crippen molar-refractivity contribution in [3.63, 3.8) is 0 Å². The maximum Gasteiger partial charge on any atom is 0.175 e. The summed E-state index contributed by atoms with van der Waals surface area (Å²) in [6, 6.07) is 2.08. The first-order valence-corrected chi connectivity index (χ1v) is 6.50. The molecule has 2 rings (SSSR count). The van der Waals surface area contributed by atoms with E-state index in [4.69, 9.17) is 15.2 Å². The molecule has 0 radical (unpaired) electrons. The van der Waals surface area contributed by atoms with E-state index >= 15 is 0 Å². The van der Waals surface area contributed by atoms with E-state index in [1.165, 1.54) is 11.1 Å². The molecule has 2 N–H and O–H groups in total. The molecule has 1 aliphatic carbocycles. The zero-order chi connectivity index (χ0) is 12.6. The number of hydrogen-bond acceptors (Lipinski definition) is 3. The lowest BCUT2D eigenvalue weighted by molar-refractivity contribution is 0.346. The molecule has 0 spiro atoms. The molecule has 0 saturated heterocycles. The van der Waals surface area contributed by atoms with Crippen molar-refractivity contribution in [2.75, 3.05) is 20.8 Å². The highest BCUT2D eigenvalue weighted by atomic mass is 79.9. The van der Waals surface area contributed by atoms with Gasteiger partial charge < -0.3 is 15.2 Å². The fourth-order valence-corrected chi connectivity index (χ4v) is 3.17. The van der Waals surface area contributed by atoms with Gasteiger partial charge in [-0.15, -0.1) is 0 Å². The van der Waals surface area contributed by atoms with Crippen LogP contribution in [0.1, 0.15) is 24.0 Å². The summed E-state index contributed by atoms with van der Waals surface area (Å²) in [5.74, 6) is 1.58. The van der Waals surface area contributed by atoms with E-state index in [0.29, 0.717) is 6.54 Å². The summed E-state index contributed by atoms with van der Waals surface area (Å²) in [4.78, 5) is 0. The van der Waals surface area contributed by atoms with E-state index in [1.54, 1.807) is 14.2 Å². The fourth-order valence-electron chi connectivity index (χ4n) is 2.48. The Bertz CT molecular complexity index is 442. The van der Waals surface area contributed by atoms with E-state index in [1.807, 2.05) is 0 Å². The molecule has 1 aromatic rings. The normalized spacial score (nSPS) is 16.8. The van der Waals surface area contributed by atoms with Crippen LogP contribution >= 0.6 is 15.9 Å². The predicted molar refractivity (Wildman–Crippen MR) is 71.9 cm³/mol. The van der Waals surface area contributed by atoms with E-state index in [0.717, 1.165) is 28.8 Å². The van der Waals surface area contributed by atoms with Crippen LogP contribution in [0.2, 0.25) is 0 Å². The second-order valence-electron chi connectivity index (χ2n) is 4.60. The number of benzene rings is 1. The molecule has 0 amide bonds. The summed E-state index contributed by atoms with van der Waals surface area (Å²) in [5.41, 5.74) is 8.43. The summed E-state index contributed by atoms with van der Waals surface area (Å²) >= 11 is 3.51. The van der Waals surface area contributed by atoms with E-state index in [2.05, 4.69) is 28.9 Å². The molecule has 3 nitrogen and oxygen atoms in total. The topological polar surface area (TPSA) is 44.5 Å². The lowest BCUT2D eigenvalue weighted by atomic mass is 9.90. The maximum absolute atomic E-state index is 5.91. The van der Waals surface area contributed by atoms with Crippen LogP contribution in [0.5, 0.6) is 11.5 Å². The lowest BCUT2D eigenvalue weighted by Gasteiger charge is -2.22. The number of nitrogens with two attached hydrogens (primary N) is 1. The summed E-state index contributed by atoms with van der Waals surface area (Å²) in [6.07, 6.45) is 2.26. The maximum atomic E-state index is 5.91. The SMILES string of the molecule is COc1c(Br)cc(C)c(C2(CN)CC2)c1OC. The third kappa shape index (κ3) is 1.93. The summed E-state index contributed by atoms with van der Waals surface area (Å²) in [6.45, 7) is 2.76. The zero-order valence-corrected chi connectivity index (χ0v) is 12.1. The van der Waals surface area contributed by atoms with Crippen molar-refractivity contribution in [1.29, 1.82) is 0 Å². The van der Waals surface area contributed by atoms with Crippen molar-refractivity contribution in [1.82, 2.24) is 0 Å². The van der Waals surface area contributed by atoms with E-state index in [-0.39, 0.29) is 5.41 Å². The highest BCUT2D eigenvalue weighted by Crippen LogP contribution is 2.55.